The summed E-state index contributed by atoms with van der Waals surface area (Å²) in [5, 5.41) is 12.1. The summed E-state index contributed by atoms with van der Waals surface area (Å²) in [6.07, 6.45) is 2.00. The standard InChI is InChI=1S/C24H18F3N5O/c1-13-21(24(33)31-17-4-2-16-12-28-8-6-14(16)10-17)22(32-20(30-13)7-9-29-32)15-3-5-18(23(26)27)19(25)11-15/h2-12,22-23,30H,1H3,(H,31,33). The van der Waals surface area contributed by atoms with Crippen LogP contribution in [-0.2, 0) is 4.79 Å². The van der Waals surface area contributed by atoms with Gasteiger partial charge in [0, 0.05) is 35.2 Å². The predicted molar refractivity (Wildman–Crippen MR) is 118 cm³/mol. The number of alkyl halides is 2. The number of pyridine rings is 1. The molecule has 0 bridgehead atoms. The average Bonchev–Trinajstić information content (AvgIpc) is 3.25. The Morgan fingerprint density at radius 1 is 1.09 bits per heavy atom. The summed E-state index contributed by atoms with van der Waals surface area (Å²) in [6.45, 7) is 1.73. The fraction of sp³-hybridized carbons (Fsp3) is 0.125. The van der Waals surface area contributed by atoms with Gasteiger partial charge in [0.2, 0.25) is 0 Å². The number of anilines is 2. The van der Waals surface area contributed by atoms with Crippen LogP contribution in [0.5, 0.6) is 0 Å². The highest BCUT2D eigenvalue weighted by molar-refractivity contribution is 6.06. The van der Waals surface area contributed by atoms with Crippen LogP contribution in [0.15, 0.2) is 78.4 Å². The topological polar surface area (TPSA) is 71.8 Å². The quantitative estimate of drug-likeness (QED) is 0.436. The van der Waals surface area contributed by atoms with Crippen molar-refractivity contribution in [3.8, 4) is 0 Å². The molecule has 0 radical (unpaired) electrons. The molecule has 0 saturated heterocycles. The van der Waals surface area contributed by atoms with E-state index in [9.17, 15) is 18.0 Å². The van der Waals surface area contributed by atoms with E-state index in [1.165, 1.54) is 10.7 Å². The molecular formula is C24H18F3N5O. The lowest BCUT2D eigenvalue weighted by atomic mass is 9.93. The third-order valence-corrected chi connectivity index (χ3v) is 5.63. The number of hydrogen-bond donors (Lipinski definition) is 2. The second-order valence-electron chi connectivity index (χ2n) is 7.70. The molecule has 6 nitrogen and oxygen atoms in total. The number of benzene rings is 2. The lowest BCUT2D eigenvalue weighted by molar-refractivity contribution is -0.113. The van der Waals surface area contributed by atoms with Crippen molar-refractivity contribution in [1.29, 1.82) is 0 Å². The molecule has 0 spiro atoms. The van der Waals surface area contributed by atoms with Gasteiger partial charge in [-0.15, -0.1) is 0 Å². The van der Waals surface area contributed by atoms with E-state index in [1.807, 2.05) is 18.2 Å². The van der Waals surface area contributed by atoms with E-state index >= 15 is 0 Å². The van der Waals surface area contributed by atoms with Crippen molar-refractivity contribution in [2.75, 3.05) is 10.6 Å². The SMILES string of the molecule is CC1=C(C(=O)Nc2ccc3cnccc3c2)C(c2ccc(C(F)F)c(F)c2)n2nccc2N1. The van der Waals surface area contributed by atoms with Gasteiger partial charge in [-0.05, 0) is 42.1 Å². The average molecular weight is 449 g/mol. The molecule has 0 saturated carbocycles. The van der Waals surface area contributed by atoms with Gasteiger partial charge in [-0.3, -0.25) is 9.78 Å². The van der Waals surface area contributed by atoms with Gasteiger partial charge < -0.3 is 10.6 Å². The molecule has 1 amide bonds. The number of carbonyl (C=O) groups excluding carboxylic acids is 1. The number of halogens is 3. The Morgan fingerprint density at radius 2 is 1.94 bits per heavy atom. The second kappa shape index (κ2) is 8.09. The first-order chi connectivity index (χ1) is 15.9. The van der Waals surface area contributed by atoms with E-state index in [-0.39, 0.29) is 0 Å². The summed E-state index contributed by atoms with van der Waals surface area (Å²) in [5.74, 6) is -0.848. The Balaban J connectivity index is 1.55. The molecule has 1 unspecified atom stereocenters. The minimum atomic E-state index is -2.93. The van der Waals surface area contributed by atoms with Crippen LogP contribution in [-0.4, -0.2) is 20.7 Å². The smallest absolute Gasteiger partial charge is 0.266 e. The normalized spacial score (nSPS) is 15.5. The maximum Gasteiger partial charge on any atom is 0.266 e. The first-order valence-electron chi connectivity index (χ1n) is 10.2. The highest BCUT2D eigenvalue weighted by atomic mass is 19.3. The number of hydrogen-bond acceptors (Lipinski definition) is 4. The van der Waals surface area contributed by atoms with Crippen molar-refractivity contribution in [2.24, 2.45) is 0 Å². The molecule has 2 aromatic carbocycles. The number of aromatic nitrogens is 3. The van der Waals surface area contributed by atoms with E-state index in [1.54, 1.807) is 37.6 Å². The maximum absolute atomic E-state index is 14.4. The van der Waals surface area contributed by atoms with E-state index in [2.05, 4.69) is 20.7 Å². The zero-order valence-corrected chi connectivity index (χ0v) is 17.4. The van der Waals surface area contributed by atoms with Crippen LogP contribution < -0.4 is 10.6 Å². The van der Waals surface area contributed by atoms with Gasteiger partial charge in [-0.2, -0.15) is 5.10 Å². The Labute approximate surface area is 186 Å². The molecule has 4 aromatic rings. The van der Waals surface area contributed by atoms with Crippen LogP contribution in [0.25, 0.3) is 10.8 Å². The molecule has 1 atom stereocenters. The molecule has 5 rings (SSSR count). The third kappa shape index (κ3) is 3.71. The summed E-state index contributed by atoms with van der Waals surface area (Å²) >= 11 is 0. The van der Waals surface area contributed by atoms with Crippen LogP contribution in [0.2, 0.25) is 0 Å². The van der Waals surface area contributed by atoms with Crippen LogP contribution >= 0.6 is 0 Å². The highest BCUT2D eigenvalue weighted by Gasteiger charge is 2.33. The highest BCUT2D eigenvalue weighted by Crippen LogP contribution is 2.37. The number of amides is 1. The van der Waals surface area contributed by atoms with Gasteiger partial charge in [0.25, 0.3) is 12.3 Å². The first-order valence-corrected chi connectivity index (χ1v) is 10.2. The summed E-state index contributed by atoms with van der Waals surface area (Å²) in [6, 6.07) is 11.7. The molecule has 1 aliphatic rings. The van der Waals surface area contributed by atoms with E-state index in [0.717, 1.165) is 22.9 Å². The van der Waals surface area contributed by atoms with Crippen molar-refractivity contribution in [3.05, 3.63) is 95.3 Å². The van der Waals surface area contributed by atoms with Gasteiger partial charge >= 0.3 is 0 Å². The number of carbonyl (C=O) groups is 1. The summed E-state index contributed by atoms with van der Waals surface area (Å²) in [5.41, 5.74) is 1.06. The lowest BCUT2D eigenvalue weighted by Crippen LogP contribution is -2.31. The van der Waals surface area contributed by atoms with E-state index < -0.39 is 29.8 Å². The number of nitrogens with zero attached hydrogens (tertiary/aromatic N) is 3. The number of allylic oxidation sites excluding steroid dienone is 1. The molecule has 33 heavy (non-hydrogen) atoms. The van der Waals surface area contributed by atoms with Gasteiger partial charge in [-0.25, -0.2) is 17.9 Å². The van der Waals surface area contributed by atoms with Crippen molar-refractivity contribution in [2.45, 2.75) is 19.4 Å². The number of nitrogens with one attached hydrogen (secondary N) is 2. The lowest BCUT2D eigenvalue weighted by Gasteiger charge is -2.30. The molecule has 0 fully saturated rings. The van der Waals surface area contributed by atoms with Gasteiger partial charge in [-0.1, -0.05) is 18.2 Å². The summed E-state index contributed by atoms with van der Waals surface area (Å²) in [7, 11) is 0. The Morgan fingerprint density at radius 3 is 2.73 bits per heavy atom. The fourth-order valence-electron chi connectivity index (χ4n) is 4.06. The van der Waals surface area contributed by atoms with Crippen molar-refractivity contribution < 1.29 is 18.0 Å². The van der Waals surface area contributed by atoms with Crippen molar-refractivity contribution >= 4 is 28.2 Å². The summed E-state index contributed by atoms with van der Waals surface area (Å²) in [4.78, 5) is 17.5. The minimum absolute atomic E-state index is 0.297. The van der Waals surface area contributed by atoms with Gasteiger partial charge in [0.15, 0.2) is 0 Å². The zero-order chi connectivity index (χ0) is 23.1. The van der Waals surface area contributed by atoms with E-state index in [4.69, 9.17) is 0 Å². The van der Waals surface area contributed by atoms with Crippen molar-refractivity contribution in [1.82, 2.24) is 14.8 Å². The molecule has 1 aliphatic heterocycles. The maximum atomic E-state index is 14.4. The molecular weight excluding hydrogens is 431 g/mol. The third-order valence-electron chi connectivity index (χ3n) is 5.63. The Bertz CT molecular complexity index is 1410. The Kier molecular flexibility index (Phi) is 5.08. The predicted octanol–water partition coefficient (Wildman–Crippen LogP) is 5.44. The first kappa shape index (κ1) is 20.7. The van der Waals surface area contributed by atoms with Crippen LogP contribution in [0.3, 0.4) is 0 Å². The minimum Gasteiger partial charge on any atom is -0.344 e. The molecule has 9 heteroatoms. The number of fused-ring (bicyclic) bond motifs is 2. The molecule has 3 heterocycles. The largest absolute Gasteiger partial charge is 0.344 e. The summed E-state index contributed by atoms with van der Waals surface area (Å²) < 4.78 is 42.1. The van der Waals surface area contributed by atoms with Crippen LogP contribution in [0.1, 0.15) is 30.5 Å². The second-order valence-corrected chi connectivity index (χ2v) is 7.70. The molecule has 0 aliphatic carbocycles. The van der Waals surface area contributed by atoms with Crippen LogP contribution in [0, 0.1) is 5.82 Å². The number of rotatable bonds is 4. The molecule has 166 valence electrons. The fourth-order valence-corrected chi connectivity index (χ4v) is 4.06. The van der Waals surface area contributed by atoms with E-state index in [0.29, 0.717) is 28.3 Å². The Hall–Kier alpha value is -4.14. The van der Waals surface area contributed by atoms with Gasteiger partial charge in [0.05, 0.1) is 17.3 Å². The van der Waals surface area contributed by atoms with Crippen LogP contribution in [0.4, 0.5) is 24.7 Å². The molecule has 2 aromatic heterocycles. The molecule has 2 N–H and O–H groups in total. The zero-order valence-electron chi connectivity index (χ0n) is 17.4. The van der Waals surface area contributed by atoms with Crippen molar-refractivity contribution in [3.63, 3.8) is 0 Å². The monoisotopic (exact) mass is 449 g/mol. The van der Waals surface area contributed by atoms with Gasteiger partial charge in [0.1, 0.15) is 17.7 Å².